The number of nitrogens with one attached hydrogen (secondary N) is 4. The molecule has 0 unspecified atom stereocenters. The fourth-order valence-corrected chi connectivity index (χ4v) is 1.97. The van der Waals surface area contributed by atoms with Gasteiger partial charge in [-0.15, -0.1) is 0 Å². The first kappa shape index (κ1) is 15.9. The second kappa shape index (κ2) is 8.76. The molecule has 2 rings (SSSR count). The first-order valence-corrected chi connectivity index (χ1v) is 7.32. The van der Waals surface area contributed by atoms with Crippen molar-refractivity contribution < 1.29 is 5.11 Å². The molecule has 6 nitrogen and oxygen atoms in total. The molecule has 0 saturated carbocycles. The molecule has 0 aromatic heterocycles. The minimum atomic E-state index is 0.110. The van der Waals surface area contributed by atoms with Crippen LogP contribution < -0.4 is 27.2 Å². The number of hydrogen-bond acceptors (Lipinski definition) is 6. The summed E-state index contributed by atoms with van der Waals surface area (Å²) in [6.07, 6.45) is 0. The summed E-state index contributed by atoms with van der Waals surface area (Å²) in [5.74, 6) is 0. The molecule has 0 atom stereocenters. The second-order valence-corrected chi connectivity index (χ2v) is 4.78. The van der Waals surface area contributed by atoms with Crippen molar-refractivity contribution in [3.05, 3.63) is 48.5 Å². The SMILES string of the molecule is NCCNc1cccc(NNc2cccc(NCCO)c2)c1. The van der Waals surface area contributed by atoms with Gasteiger partial charge in [0.15, 0.2) is 0 Å². The predicted octanol–water partition coefficient (Wildman–Crippen LogP) is 1.90. The molecule has 0 bridgehead atoms. The largest absolute Gasteiger partial charge is 0.395 e. The third-order valence-corrected chi connectivity index (χ3v) is 2.99. The summed E-state index contributed by atoms with van der Waals surface area (Å²) >= 11 is 0. The number of nitrogens with two attached hydrogens (primary N) is 1. The molecule has 0 radical (unpaired) electrons. The maximum Gasteiger partial charge on any atom is 0.0604 e. The summed E-state index contributed by atoms with van der Waals surface area (Å²) in [5.41, 5.74) is 15.7. The lowest BCUT2D eigenvalue weighted by Crippen LogP contribution is -2.13. The smallest absolute Gasteiger partial charge is 0.0604 e. The Morgan fingerprint density at radius 2 is 1.27 bits per heavy atom. The van der Waals surface area contributed by atoms with Crippen LogP contribution in [0.1, 0.15) is 0 Å². The lowest BCUT2D eigenvalue weighted by Gasteiger charge is -2.13. The van der Waals surface area contributed by atoms with Crippen LogP contribution >= 0.6 is 0 Å². The van der Waals surface area contributed by atoms with Gasteiger partial charge in [-0.05, 0) is 36.4 Å². The number of aliphatic hydroxyl groups excluding tert-OH is 1. The second-order valence-electron chi connectivity index (χ2n) is 4.78. The van der Waals surface area contributed by atoms with Crippen LogP contribution in [0.2, 0.25) is 0 Å². The molecule has 2 aromatic rings. The van der Waals surface area contributed by atoms with Crippen LogP contribution in [0.3, 0.4) is 0 Å². The van der Waals surface area contributed by atoms with Gasteiger partial charge in [0.1, 0.15) is 0 Å². The zero-order chi connectivity index (χ0) is 15.6. The minimum Gasteiger partial charge on any atom is -0.395 e. The summed E-state index contributed by atoms with van der Waals surface area (Å²) in [6.45, 7) is 1.99. The quantitative estimate of drug-likeness (QED) is 0.396. The van der Waals surface area contributed by atoms with E-state index in [0.717, 1.165) is 29.3 Å². The lowest BCUT2D eigenvalue weighted by molar-refractivity contribution is 0.311. The fraction of sp³-hybridized carbons (Fsp3) is 0.250. The number of hydrogen-bond donors (Lipinski definition) is 6. The summed E-state index contributed by atoms with van der Waals surface area (Å²) in [6, 6.07) is 15.8. The summed E-state index contributed by atoms with van der Waals surface area (Å²) in [4.78, 5) is 0. The third kappa shape index (κ3) is 5.16. The molecule has 22 heavy (non-hydrogen) atoms. The van der Waals surface area contributed by atoms with Gasteiger partial charge in [-0.1, -0.05) is 12.1 Å². The lowest BCUT2D eigenvalue weighted by atomic mass is 10.2. The van der Waals surface area contributed by atoms with Gasteiger partial charge in [0.25, 0.3) is 0 Å². The normalized spacial score (nSPS) is 10.1. The number of rotatable bonds is 9. The molecule has 0 aliphatic heterocycles. The van der Waals surface area contributed by atoms with Crippen molar-refractivity contribution in [1.82, 2.24) is 0 Å². The Labute approximate surface area is 130 Å². The Bertz CT molecular complexity index is 524. The first-order valence-electron chi connectivity index (χ1n) is 7.32. The molecule has 0 saturated heterocycles. The summed E-state index contributed by atoms with van der Waals surface area (Å²) < 4.78 is 0. The van der Waals surface area contributed by atoms with Gasteiger partial charge in [-0.25, -0.2) is 0 Å². The van der Waals surface area contributed by atoms with Crippen LogP contribution in [0.25, 0.3) is 0 Å². The molecule has 2 aromatic carbocycles. The molecule has 0 fully saturated rings. The van der Waals surface area contributed by atoms with E-state index in [9.17, 15) is 0 Å². The van der Waals surface area contributed by atoms with Crippen LogP contribution in [-0.2, 0) is 0 Å². The van der Waals surface area contributed by atoms with E-state index in [0.29, 0.717) is 13.1 Å². The number of benzene rings is 2. The van der Waals surface area contributed by atoms with Crippen molar-refractivity contribution in [2.24, 2.45) is 5.73 Å². The zero-order valence-corrected chi connectivity index (χ0v) is 12.5. The van der Waals surface area contributed by atoms with Gasteiger partial charge in [0.05, 0.1) is 18.0 Å². The van der Waals surface area contributed by atoms with Gasteiger partial charge >= 0.3 is 0 Å². The predicted molar refractivity (Wildman–Crippen MR) is 93.2 cm³/mol. The van der Waals surface area contributed by atoms with Crippen LogP contribution in [0.15, 0.2) is 48.5 Å². The van der Waals surface area contributed by atoms with Gasteiger partial charge in [-0.2, -0.15) is 0 Å². The van der Waals surface area contributed by atoms with E-state index in [-0.39, 0.29) is 6.61 Å². The average molecular weight is 301 g/mol. The van der Waals surface area contributed by atoms with Gasteiger partial charge in [-0.3, -0.25) is 0 Å². The van der Waals surface area contributed by atoms with Crippen molar-refractivity contribution in [3.63, 3.8) is 0 Å². The highest BCUT2D eigenvalue weighted by Crippen LogP contribution is 2.17. The standard InChI is InChI=1S/C16H23N5O/c17-7-8-18-13-3-1-5-15(11-13)20-21-16-6-2-4-14(12-16)19-9-10-22/h1-6,11-12,18-22H,7-10,17H2. The summed E-state index contributed by atoms with van der Waals surface area (Å²) in [5, 5.41) is 15.2. The van der Waals surface area contributed by atoms with Crippen molar-refractivity contribution in [3.8, 4) is 0 Å². The average Bonchev–Trinajstić information content (AvgIpc) is 2.57. The molecule has 118 valence electrons. The van der Waals surface area contributed by atoms with E-state index >= 15 is 0 Å². The molecule has 6 heteroatoms. The maximum atomic E-state index is 8.83. The maximum absolute atomic E-state index is 8.83. The monoisotopic (exact) mass is 301 g/mol. The molecule has 0 aliphatic carbocycles. The molecule has 0 spiro atoms. The van der Waals surface area contributed by atoms with Gasteiger partial charge in [0.2, 0.25) is 0 Å². The first-order chi connectivity index (χ1) is 10.8. The van der Waals surface area contributed by atoms with Gasteiger partial charge < -0.3 is 32.3 Å². The van der Waals surface area contributed by atoms with Crippen LogP contribution in [0, 0.1) is 0 Å². The summed E-state index contributed by atoms with van der Waals surface area (Å²) in [7, 11) is 0. The van der Waals surface area contributed by atoms with Gasteiger partial charge in [0, 0.05) is 31.0 Å². The molecule has 0 heterocycles. The van der Waals surface area contributed by atoms with E-state index in [1.165, 1.54) is 0 Å². The van der Waals surface area contributed by atoms with Crippen LogP contribution in [-0.4, -0.2) is 31.3 Å². The van der Waals surface area contributed by atoms with Crippen molar-refractivity contribution in [1.29, 1.82) is 0 Å². The van der Waals surface area contributed by atoms with E-state index in [1.54, 1.807) is 0 Å². The number of anilines is 4. The van der Waals surface area contributed by atoms with Crippen LogP contribution in [0.4, 0.5) is 22.7 Å². The van der Waals surface area contributed by atoms with Crippen molar-refractivity contribution in [2.75, 3.05) is 47.7 Å². The highest BCUT2D eigenvalue weighted by Gasteiger charge is 1.97. The Morgan fingerprint density at radius 3 is 1.77 bits per heavy atom. The van der Waals surface area contributed by atoms with E-state index < -0.39 is 0 Å². The topological polar surface area (TPSA) is 94.4 Å². The molecule has 0 amide bonds. The van der Waals surface area contributed by atoms with E-state index in [1.807, 2.05) is 48.5 Å². The van der Waals surface area contributed by atoms with Crippen LogP contribution in [0.5, 0.6) is 0 Å². The molecular formula is C16H23N5O. The third-order valence-electron chi connectivity index (χ3n) is 2.99. The zero-order valence-electron chi connectivity index (χ0n) is 12.5. The highest BCUT2D eigenvalue weighted by molar-refractivity contribution is 5.62. The fourth-order valence-electron chi connectivity index (χ4n) is 1.97. The highest BCUT2D eigenvalue weighted by atomic mass is 16.3. The van der Waals surface area contributed by atoms with Crippen molar-refractivity contribution >= 4 is 22.7 Å². The Balaban J connectivity index is 1.92. The number of hydrazine groups is 1. The molecule has 0 aliphatic rings. The van der Waals surface area contributed by atoms with E-state index in [4.69, 9.17) is 10.8 Å². The minimum absolute atomic E-state index is 0.110. The Morgan fingerprint density at radius 1 is 0.773 bits per heavy atom. The molecular weight excluding hydrogens is 278 g/mol. The number of aliphatic hydroxyl groups is 1. The van der Waals surface area contributed by atoms with E-state index in [2.05, 4.69) is 21.5 Å². The Kier molecular flexibility index (Phi) is 6.35. The molecule has 7 N–H and O–H groups in total. The Hall–Kier alpha value is -2.44. The van der Waals surface area contributed by atoms with Crippen molar-refractivity contribution in [2.45, 2.75) is 0 Å².